The third kappa shape index (κ3) is 3.22. The molecule has 0 spiro atoms. The van der Waals surface area contributed by atoms with Crippen LogP contribution in [0.15, 0.2) is 42.6 Å². The minimum absolute atomic E-state index is 0.119. The zero-order valence-corrected chi connectivity index (χ0v) is 14.7. The summed E-state index contributed by atoms with van der Waals surface area (Å²) in [5.74, 6) is -0.0730. The van der Waals surface area contributed by atoms with Gasteiger partial charge in [-0.15, -0.1) is 10.2 Å². The molecule has 1 aromatic carbocycles. The van der Waals surface area contributed by atoms with E-state index < -0.39 is 5.82 Å². The highest BCUT2D eigenvalue weighted by molar-refractivity contribution is 6.30. The van der Waals surface area contributed by atoms with E-state index in [1.807, 2.05) is 28.8 Å². The molecule has 26 heavy (non-hydrogen) atoms. The summed E-state index contributed by atoms with van der Waals surface area (Å²) in [6.07, 6.45) is 3.25. The van der Waals surface area contributed by atoms with Crippen molar-refractivity contribution in [1.82, 2.24) is 14.6 Å². The van der Waals surface area contributed by atoms with Crippen molar-refractivity contribution in [3.05, 3.63) is 53.4 Å². The molecule has 1 aliphatic rings. The van der Waals surface area contributed by atoms with Crippen LogP contribution in [0.4, 0.5) is 16.0 Å². The van der Waals surface area contributed by atoms with Crippen LogP contribution in [0.3, 0.4) is 0 Å². The number of piperidine rings is 1. The fourth-order valence-electron chi connectivity index (χ4n) is 3.21. The molecule has 1 fully saturated rings. The molecule has 134 valence electrons. The third-order valence-corrected chi connectivity index (χ3v) is 4.87. The summed E-state index contributed by atoms with van der Waals surface area (Å²) in [6, 6.07) is 9.87. The van der Waals surface area contributed by atoms with Gasteiger partial charge in [-0.25, -0.2) is 4.39 Å². The lowest BCUT2D eigenvalue weighted by Gasteiger charge is -2.31. The Balaban J connectivity index is 1.41. The number of pyridine rings is 1. The number of aromatic nitrogens is 3. The highest BCUT2D eigenvalue weighted by Gasteiger charge is 2.27. The average Bonchev–Trinajstić information content (AvgIpc) is 3.09. The van der Waals surface area contributed by atoms with E-state index in [2.05, 4.69) is 20.4 Å². The molecule has 0 bridgehead atoms. The molecule has 6 nitrogen and oxygen atoms in total. The van der Waals surface area contributed by atoms with Gasteiger partial charge in [0.2, 0.25) is 11.9 Å². The standard InChI is InChI=1S/C18H17ClFN5O/c19-13-4-5-14(20)15(11-13)21-17(26)12-6-9-24(10-7-12)18-23-22-16-3-1-2-8-25(16)18/h1-5,8,11-12H,6-7,9-10H2,(H,21,26). The Labute approximate surface area is 154 Å². The van der Waals surface area contributed by atoms with Crippen LogP contribution in [0, 0.1) is 11.7 Å². The van der Waals surface area contributed by atoms with Crippen LogP contribution in [-0.4, -0.2) is 33.6 Å². The molecule has 3 aromatic rings. The second-order valence-electron chi connectivity index (χ2n) is 6.30. The van der Waals surface area contributed by atoms with E-state index in [0.29, 0.717) is 31.0 Å². The first kappa shape index (κ1) is 16.8. The Bertz CT molecular complexity index is 952. The lowest BCUT2D eigenvalue weighted by molar-refractivity contribution is -0.120. The molecule has 2 aromatic heterocycles. The predicted octanol–water partition coefficient (Wildman–Crippen LogP) is 3.38. The van der Waals surface area contributed by atoms with Crippen molar-refractivity contribution >= 4 is 34.8 Å². The topological polar surface area (TPSA) is 62.5 Å². The number of rotatable bonds is 3. The van der Waals surface area contributed by atoms with Crippen molar-refractivity contribution in [3.8, 4) is 0 Å². The Hall–Kier alpha value is -2.67. The monoisotopic (exact) mass is 373 g/mol. The normalized spacial score (nSPS) is 15.4. The molecule has 0 radical (unpaired) electrons. The number of fused-ring (bicyclic) bond motifs is 1. The van der Waals surface area contributed by atoms with Gasteiger partial charge in [0.1, 0.15) is 5.82 Å². The summed E-state index contributed by atoms with van der Waals surface area (Å²) in [5.41, 5.74) is 0.909. The van der Waals surface area contributed by atoms with Crippen LogP contribution in [0.1, 0.15) is 12.8 Å². The summed E-state index contributed by atoms with van der Waals surface area (Å²) >= 11 is 5.87. The largest absolute Gasteiger partial charge is 0.341 e. The van der Waals surface area contributed by atoms with Crippen LogP contribution in [0.5, 0.6) is 0 Å². The second-order valence-corrected chi connectivity index (χ2v) is 6.74. The van der Waals surface area contributed by atoms with Gasteiger partial charge in [-0.1, -0.05) is 17.7 Å². The van der Waals surface area contributed by atoms with E-state index in [4.69, 9.17) is 11.6 Å². The van der Waals surface area contributed by atoms with Crippen LogP contribution in [0.2, 0.25) is 5.02 Å². The van der Waals surface area contributed by atoms with Gasteiger partial charge >= 0.3 is 0 Å². The third-order valence-electron chi connectivity index (χ3n) is 4.63. The maximum Gasteiger partial charge on any atom is 0.231 e. The van der Waals surface area contributed by atoms with E-state index in [0.717, 1.165) is 11.6 Å². The second kappa shape index (κ2) is 6.92. The highest BCUT2D eigenvalue weighted by Crippen LogP contribution is 2.25. The first-order chi connectivity index (χ1) is 12.6. The number of carbonyl (C=O) groups excluding carboxylic acids is 1. The lowest BCUT2D eigenvalue weighted by atomic mass is 9.96. The SMILES string of the molecule is O=C(Nc1cc(Cl)ccc1F)C1CCN(c2nnc3ccccn23)CC1. The van der Waals surface area contributed by atoms with Crippen LogP contribution in [-0.2, 0) is 4.79 Å². The molecular formula is C18H17ClFN5O. The van der Waals surface area contributed by atoms with Gasteiger partial charge in [0, 0.05) is 30.2 Å². The number of amides is 1. The fraction of sp³-hybridized carbons (Fsp3) is 0.278. The first-order valence-electron chi connectivity index (χ1n) is 8.42. The van der Waals surface area contributed by atoms with E-state index in [-0.39, 0.29) is 17.5 Å². The van der Waals surface area contributed by atoms with E-state index in [1.54, 1.807) is 0 Å². The summed E-state index contributed by atoms with van der Waals surface area (Å²) in [7, 11) is 0. The Kier molecular flexibility index (Phi) is 4.46. The molecule has 1 saturated heterocycles. The smallest absolute Gasteiger partial charge is 0.231 e. The van der Waals surface area contributed by atoms with Gasteiger partial charge in [0.15, 0.2) is 5.65 Å². The number of nitrogens with zero attached hydrogens (tertiary/aromatic N) is 4. The van der Waals surface area contributed by atoms with Crippen molar-refractivity contribution in [2.45, 2.75) is 12.8 Å². The first-order valence-corrected chi connectivity index (χ1v) is 8.80. The summed E-state index contributed by atoms with van der Waals surface area (Å²) in [6.45, 7) is 1.37. The Morgan fingerprint density at radius 3 is 2.81 bits per heavy atom. The number of halogens is 2. The van der Waals surface area contributed by atoms with E-state index in [9.17, 15) is 9.18 Å². The number of nitrogens with one attached hydrogen (secondary N) is 1. The Morgan fingerprint density at radius 1 is 1.19 bits per heavy atom. The average molecular weight is 374 g/mol. The van der Waals surface area contributed by atoms with Gasteiger partial charge in [-0.3, -0.25) is 9.20 Å². The maximum atomic E-state index is 13.8. The Morgan fingerprint density at radius 2 is 2.00 bits per heavy atom. The van der Waals surface area contributed by atoms with Crippen molar-refractivity contribution in [2.24, 2.45) is 5.92 Å². The molecule has 1 N–H and O–H groups in total. The van der Waals surface area contributed by atoms with Crippen molar-refractivity contribution in [1.29, 1.82) is 0 Å². The van der Waals surface area contributed by atoms with Gasteiger partial charge < -0.3 is 10.2 Å². The number of benzene rings is 1. The number of carbonyl (C=O) groups is 1. The minimum Gasteiger partial charge on any atom is -0.341 e. The molecule has 0 unspecified atom stereocenters. The van der Waals surface area contributed by atoms with E-state index >= 15 is 0 Å². The van der Waals surface area contributed by atoms with Crippen molar-refractivity contribution in [2.75, 3.05) is 23.3 Å². The molecule has 3 heterocycles. The maximum absolute atomic E-state index is 13.8. The quantitative estimate of drug-likeness (QED) is 0.764. The van der Waals surface area contributed by atoms with Crippen LogP contribution >= 0.6 is 11.6 Å². The van der Waals surface area contributed by atoms with Crippen molar-refractivity contribution < 1.29 is 9.18 Å². The fourth-order valence-corrected chi connectivity index (χ4v) is 3.39. The minimum atomic E-state index is -0.491. The molecule has 8 heteroatoms. The lowest BCUT2D eigenvalue weighted by Crippen LogP contribution is -2.39. The number of anilines is 2. The molecule has 0 atom stereocenters. The predicted molar refractivity (Wildman–Crippen MR) is 98.0 cm³/mol. The molecule has 0 saturated carbocycles. The van der Waals surface area contributed by atoms with Gasteiger partial charge in [0.05, 0.1) is 5.69 Å². The highest BCUT2D eigenvalue weighted by atomic mass is 35.5. The molecular weight excluding hydrogens is 357 g/mol. The molecule has 0 aliphatic carbocycles. The van der Waals surface area contributed by atoms with E-state index in [1.165, 1.54) is 18.2 Å². The van der Waals surface area contributed by atoms with Crippen molar-refractivity contribution in [3.63, 3.8) is 0 Å². The van der Waals surface area contributed by atoms with Crippen LogP contribution in [0.25, 0.3) is 5.65 Å². The van der Waals surface area contributed by atoms with Gasteiger partial charge in [-0.05, 0) is 43.2 Å². The molecule has 4 rings (SSSR count). The van der Waals surface area contributed by atoms with Gasteiger partial charge in [-0.2, -0.15) is 0 Å². The number of hydrogen-bond donors (Lipinski definition) is 1. The summed E-state index contributed by atoms with van der Waals surface area (Å²) in [5, 5.41) is 11.4. The van der Waals surface area contributed by atoms with Gasteiger partial charge in [0.25, 0.3) is 0 Å². The number of hydrogen-bond acceptors (Lipinski definition) is 4. The van der Waals surface area contributed by atoms with Crippen LogP contribution < -0.4 is 10.2 Å². The molecule has 1 amide bonds. The summed E-state index contributed by atoms with van der Waals surface area (Å²) < 4.78 is 15.7. The summed E-state index contributed by atoms with van der Waals surface area (Å²) in [4.78, 5) is 14.6. The zero-order chi connectivity index (χ0) is 18.1. The molecule has 1 aliphatic heterocycles. The zero-order valence-electron chi connectivity index (χ0n) is 13.9.